The van der Waals surface area contributed by atoms with Gasteiger partial charge in [0.05, 0.1) is 5.02 Å². The van der Waals surface area contributed by atoms with Crippen molar-refractivity contribution < 1.29 is 9.53 Å². The Morgan fingerprint density at radius 2 is 2.26 bits per heavy atom. The van der Waals surface area contributed by atoms with Crippen LogP contribution in [-0.4, -0.2) is 25.1 Å². The third-order valence-corrected chi connectivity index (χ3v) is 3.20. The van der Waals surface area contributed by atoms with Crippen LogP contribution in [0, 0.1) is 0 Å². The van der Waals surface area contributed by atoms with Crippen LogP contribution in [0.4, 0.5) is 0 Å². The average molecular weight is 283 g/mol. The highest BCUT2D eigenvalue weighted by atomic mass is 35.5. The van der Waals surface area contributed by atoms with E-state index in [2.05, 4.69) is 10.6 Å². The molecule has 1 aromatic carbocycles. The van der Waals surface area contributed by atoms with E-state index in [1.165, 1.54) is 0 Å². The fourth-order valence-electron chi connectivity index (χ4n) is 1.75. The molecular formula is C14H19ClN2O2. The van der Waals surface area contributed by atoms with Crippen LogP contribution in [0.5, 0.6) is 5.75 Å². The fraction of sp³-hybridized carbons (Fsp3) is 0.500. The van der Waals surface area contributed by atoms with E-state index in [1.54, 1.807) is 6.07 Å². The number of hydrogen-bond acceptors (Lipinski definition) is 3. The maximum absolute atomic E-state index is 11.6. The third kappa shape index (κ3) is 4.40. The van der Waals surface area contributed by atoms with Crippen LogP contribution in [0.3, 0.4) is 0 Å². The number of halogens is 1. The van der Waals surface area contributed by atoms with Gasteiger partial charge in [-0.2, -0.15) is 0 Å². The Hall–Kier alpha value is -1.26. The minimum Gasteiger partial charge on any atom is -0.482 e. The molecule has 104 valence electrons. The summed E-state index contributed by atoms with van der Waals surface area (Å²) in [7, 11) is 0. The SMILES string of the molecule is CCNCc1cccc(Cl)c1OCC(=O)NC1CC1. The molecule has 0 saturated heterocycles. The van der Waals surface area contributed by atoms with Crippen LogP contribution in [-0.2, 0) is 11.3 Å². The van der Waals surface area contributed by atoms with Gasteiger partial charge >= 0.3 is 0 Å². The van der Waals surface area contributed by atoms with Gasteiger partial charge in [0.2, 0.25) is 0 Å². The molecule has 0 aliphatic heterocycles. The van der Waals surface area contributed by atoms with E-state index in [-0.39, 0.29) is 12.5 Å². The summed E-state index contributed by atoms with van der Waals surface area (Å²) in [6, 6.07) is 5.95. The van der Waals surface area contributed by atoms with Crippen molar-refractivity contribution in [1.82, 2.24) is 10.6 Å². The van der Waals surface area contributed by atoms with Gasteiger partial charge in [0.1, 0.15) is 5.75 Å². The zero-order chi connectivity index (χ0) is 13.7. The molecule has 2 rings (SSSR count). The Balaban J connectivity index is 1.94. The summed E-state index contributed by atoms with van der Waals surface area (Å²) < 4.78 is 5.57. The molecule has 19 heavy (non-hydrogen) atoms. The molecule has 5 heteroatoms. The molecule has 2 N–H and O–H groups in total. The first-order valence-corrected chi connectivity index (χ1v) is 6.98. The van der Waals surface area contributed by atoms with Crippen molar-refractivity contribution in [2.75, 3.05) is 13.2 Å². The van der Waals surface area contributed by atoms with Gasteiger partial charge in [-0.05, 0) is 25.5 Å². The van der Waals surface area contributed by atoms with Gasteiger partial charge < -0.3 is 15.4 Å². The lowest BCUT2D eigenvalue weighted by Crippen LogP contribution is -2.30. The summed E-state index contributed by atoms with van der Waals surface area (Å²) in [6.45, 7) is 3.60. The van der Waals surface area contributed by atoms with Crippen molar-refractivity contribution in [3.8, 4) is 5.75 Å². The van der Waals surface area contributed by atoms with Gasteiger partial charge in [-0.1, -0.05) is 30.7 Å². The normalized spacial score (nSPS) is 14.2. The Labute approximate surface area is 118 Å². The lowest BCUT2D eigenvalue weighted by Gasteiger charge is -2.13. The average Bonchev–Trinajstić information content (AvgIpc) is 3.19. The minimum absolute atomic E-state index is 0.0133. The summed E-state index contributed by atoms with van der Waals surface area (Å²) in [5.74, 6) is 0.507. The molecular weight excluding hydrogens is 264 g/mol. The molecule has 1 aliphatic rings. The van der Waals surface area contributed by atoms with Gasteiger partial charge in [-0.25, -0.2) is 0 Å². The van der Waals surface area contributed by atoms with Crippen molar-refractivity contribution >= 4 is 17.5 Å². The Kier molecular flexibility index (Phi) is 5.05. The van der Waals surface area contributed by atoms with Crippen LogP contribution < -0.4 is 15.4 Å². The lowest BCUT2D eigenvalue weighted by atomic mass is 10.2. The molecule has 0 unspecified atom stereocenters. The quantitative estimate of drug-likeness (QED) is 0.805. The largest absolute Gasteiger partial charge is 0.482 e. The highest BCUT2D eigenvalue weighted by Crippen LogP contribution is 2.28. The summed E-state index contributed by atoms with van der Waals surface area (Å²) in [6.07, 6.45) is 2.15. The van der Waals surface area contributed by atoms with Gasteiger partial charge in [0, 0.05) is 18.2 Å². The number of carbonyl (C=O) groups excluding carboxylic acids is 1. The van der Waals surface area contributed by atoms with Gasteiger partial charge in [-0.15, -0.1) is 0 Å². The molecule has 0 radical (unpaired) electrons. The molecule has 1 saturated carbocycles. The number of amides is 1. The van der Waals surface area contributed by atoms with E-state index >= 15 is 0 Å². The maximum atomic E-state index is 11.6. The highest BCUT2D eigenvalue weighted by molar-refractivity contribution is 6.32. The molecule has 0 atom stereocenters. The van der Waals surface area contributed by atoms with E-state index in [0.717, 1.165) is 24.9 Å². The van der Waals surface area contributed by atoms with Crippen LogP contribution in [0.2, 0.25) is 5.02 Å². The first kappa shape index (κ1) is 14.2. The third-order valence-electron chi connectivity index (χ3n) is 2.90. The van der Waals surface area contributed by atoms with E-state index in [1.807, 2.05) is 19.1 Å². The smallest absolute Gasteiger partial charge is 0.258 e. The second-order valence-electron chi connectivity index (χ2n) is 4.64. The first-order valence-electron chi connectivity index (χ1n) is 6.61. The number of para-hydroxylation sites is 1. The first-order chi connectivity index (χ1) is 9.20. The minimum atomic E-state index is -0.0863. The number of rotatable bonds is 7. The number of benzene rings is 1. The zero-order valence-electron chi connectivity index (χ0n) is 11.0. The summed E-state index contributed by atoms with van der Waals surface area (Å²) in [5, 5.41) is 6.64. The van der Waals surface area contributed by atoms with E-state index in [0.29, 0.717) is 23.4 Å². The van der Waals surface area contributed by atoms with Crippen molar-refractivity contribution in [3.63, 3.8) is 0 Å². The van der Waals surface area contributed by atoms with Crippen LogP contribution >= 0.6 is 11.6 Å². The second kappa shape index (κ2) is 6.78. The molecule has 1 aliphatic carbocycles. The van der Waals surface area contributed by atoms with Gasteiger partial charge in [0.25, 0.3) is 5.91 Å². The predicted octanol–water partition coefficient (Wildman–Crippen LogP) is 2.11. The highest BCUT2D eigenvalue weighted by Gasteiger charge is 2.23. The lowest BCUT2D eigenvalue weighted by molar-refractivity contribution is -0.123. The monoisotopic (exact) mass is 282 g/mol. The Morgan fingerprint density at radius 1 is 1.47 bits per heavy atom. The Morgan fingerprint density at radius 3 is 2.95 bits per heavy atom. The summed E-state index contributed by atoms with van der Waals surface area (Å²) >= 11 is 6.13. The second-order valence-corrected chi connectivity index (χ2v) is 5.05. The molecule has 1 fully saturated rings. The zero-order valence-corrected chi connectivity index (χ0v) is 11.8. The molecule has 0 spiro atoms. The summed E-state index contributed by atoms with van der Waals surface area (Å²) in [5.41, 5.74) is 0.966. The number of hydrogen-bond donors (Lipinski definition) is 2. The predicted molar refractivity (Wildman–Crippen MR) is 75.5 cm³/mol. The number of ether oxygens (including phenoxy) is 1. The van der Waals surface area contributed by atoms with E-state index < -0.39 is 0 Å². The van der Waals surface area contributed by atoms with E-state index in [4.69, 9.17) is 16.3 Å². The fourth-order valence-corrected chi connectivity index (χ4v) is 2.00. The molecule has 0 heterocycles. The molecule has 0 bridgehead atoms. The molecule has 1 amide bonds. The molecule has 1 aromatic rings. The van der Waals surface area contributed by atoms with Crippen molar-refractivity contribution in [2.24, 2.45) is 0 Å². The van der Waals surface area contributed by atoms with E-state index in [9.17, 15) is 4.79 Å². The standard InChI is InChI=1S/C14H19ClN2O2/c1-2-16-8-10-4-3-5-12(15)14(10)19-9-13(18)17-11-6-7-11/h3-5,11,16H,2,6-9H2,1H3,(H,17,18). The van der Waals surface area contributed by atoms with Crippen molar-refractivity contribution in [1.29, 1.82) is 0 Å². The van der Waals surface area contributed by atoms with Crippen molar-refractivity contribution in [3.05, 3.63) is 28.8 Å². The summed E-state index contributed by atoms with van der Waals surface area (Å²) in [4.78, 5) is 11.6. The van der Waals surface area contributed by atoms with Gasteiger partial charge in [0.15, 0.2) is 6.61 Å². The van der Waals surface area contributed by atoms with Crippen LogP contribution in [0.15, 0.2) is 18.2 Å². The maximum Gasteiger partial charge on any atom is 0.258 e. The number of carbonyl (C=O) groups is 1. The van der Waals surface area contributed by atoms with Crippen molar-refractivity contribution in [2.45, 2.75) is 32.4 Å². The Bertz CT molecular complexity index is 447. The van der Waals surface area contributed by atoms with Gasteiger partial charge in [-0.3, -0.25) is 4.79 Å². The number of nitrogens with one attached hydrogen (secondary N) is 2. The van der Waals surface area contributed by atoms with Crippen LogP contribution in [0.1, 0.15) is 25.3 Å². The topological polar surface area (TPSA) is 50.4 Å². The molecule has 4 nitrogen and oxygen atoms in total. The molecule has 0 aromatic heterocycles. The van der Waals surface area contributed by atoms with Crippen LogP contribution in [0.25, 0.3) is 0 Å².